The van der Waals surface area contributed by atoms with Crippen molar-refractivity contribution in [2.45, 2.75) is 0 Å². The number of nitrogens with two attached hydrogens (primary N) is 1. The monoisotopic (exact) mass is 288 g/mol. The summed E-state index contributed by atoms with van der Waals surface area (Å²) in [6, 6.07) is 7.54. The van der Waals surface area contributed by atoms with E-state index in [1.807, 2.05) is 6.07 Å². The van der Waals surface area contributed by atoms with Crippen LogP contribution < -0.4 is 10.5 Å². The third kappa shape index (κ3) is 2.86. The molecule has 4 heteroatoms. The largest absolute Gasteiger partial charge is 0.491 e. The lowest BCUT2D eigenvalue weighted by molar-refractivity contribution is 0.327. The molecule has 2 N–H and O–H groups in total. The third-order valence-electron chi connectivity index (χ3n) is 1.44. The molecule has 0 aromatic heterocycles. The molecule has 0 aliphatic heterocycles. The standard InChI is InChI=1S/C9H9IN2O/c10-8-1-2-9(13-4-3-11)7(5-8)6-12/h1-2,5H,3-4,11H2. The molecule has 0 saturated carbocycles. The van der Waals surface area contributed by atoms with Crippen molar-refractivity contribution in [3.05, 3.63) is 27.3 Å². The van der Waals surface area contributed by atoms with Gasteiger partial charge in [0.2, 0.25) is 0 Å². The second-order valence-corrected chi connectivity index (χ2v) is 3.64. The van der Waals surface area contributed by atoms with E-state index in [0.29, 0.717) is 24.5 Å². The van der Waals surface area contributed by atoms with Gasteiger partial charge in [0.05, 0.1) is 5.56 Å². The van der Waals surface area contributed by atoms with E-state index in [9.17, 15) is 0 Å². The van der Waals surface area contributed by atoms with Crippen molar-refractivity contribution in [3.8, 4) is 11.8 Å². The summed E-state index contributed by atoms with van der Waals surface area (Å²) in [5, 5.41) is 8.78. The van der Waals surface area contributed by atoms with Gasteiger partial charge in [0.25, 0.3) is 0 Å². The number of rotatable bonds is 3. The summed E-state index contributed by atoms with van der Waals surface area (Å²) in [5.41, 5.74) is 5.84. The summed E-state index contributed by atoms with van der Waals surface area (Å²) >= 11 is 2.15. The summed E-state index contributed by atoms with van der Waals surface area (Å²) in [7, 11) is 0. The number of ether oxygens (including phenoxy) is 1. The van der Waals surface area contributed by atoms with Crippen LogP contribution in [0.4, 0.5) is 0 Å². The van der Waals surface area contributed by atoms with E-state index in [1.165, 1.54) is 0 Å². The zero-order valence-corrected chi connectivity index (χ0v) is 9.11. The van der Waals surface area contributed by atoms with E-state index in [4.69, 9.17) is 15.7 Å². The normalized spacial score (nSPS) is 9.31. The highest BCUT2D eigenvalue weighted by molar-refractivity contribution is 14.1. The first-order valence-corrected chi connectivity index (χ1v) is 4.88. The van der Waals surface area contributed by atoms with E-state index in [2.05, 4.69) is 28.7 Å². The molecule has 0 radical (unpaired) electrons. The minimum Gasteiger partial charge on any atom is -0.491 e. The average Bonchev–Trinajstić information content (AvgIpc) is 2.16. The molecule has 1 aromatic carbocycles. The molecule has 1 aromatic rings. The summed E-state index contributed by atoms with van der Waals surface area (Å²) in [5.74, 6) is 0.605. The maximum Gasteiger partial charge on any atom is 0.137 e. The topological polar surface area (TPSA) is 59.0 Å². The smallest absolute Gasteiger partial charge is 0.137 e. The summed E-state index contributed by atoms with van der Waals surface area (Å²) < 4.78 is 6.30. The predicted octanol–water partition coefficient (Wildman–Crippen LogP) is 1.50. The van der Waals surface area contributed by atoms with Crippen LogP contribution in [0.3, 0.4) is 0 Å². The highest BCUT2D eigenvalue weighted by atomic mass is 127. The van der Waals surface area contributed by atoms with E-state index < -0.39 is 0 Å². The summed E-state index contributed by atoms with van der Waals surface area (Å²) in [4.78, 5) is 0. The van der Waals surface area contributed by atoms with Crippen molar-refractivity contribution in [3.63, 3.8) is 0 Å². The molecule has 0 atom stereocenters. The van der Waals surface area contributed by atoms with Gasteiger partial charge in [-0.1, -0.05) is 0 Å². The van der Waals surface area contributed by atoms with E-state index in [1.54, 1.807) is 12.1 Å². The molecule has 0 aliphatic rings. The van der Waals surface area contributed by atoms with Crippen LogP contribution in [0, 0.1) is 14.9 Å². The molecule has 0 spiro atoms. The first-order chi connectivity index (χ1) is 6.27. The van der Waals surface area contributed by atoms with E-state index in [0.717, 1.165) is 3.57 Å². The number of hydrogen-bond acceptors (Lipinski definition) is 3. The van der Waals surface area contributed by atoms with Crippen LogP contribution in [-0.4, -0.2) is 13.2 Å². The third-order valence-corrected chi connectivity index (χ3v) is 2.11. The quantitative estimate of drug-likeness (QED) is 0.857. The van der Waals surface area contributed by atoms with Gasteiger partial charge >= 0.3 is 0 Å². The molecule has 0 aliphatic carbocycles. The van der Waals surface area contributed by atoms with Gasteiger partial charge in [-0.05, 0) is 40.8 Å². The molecule has 0 heterocycles. The van der Waals surface area contributed by atoms with Crippen LogP contribution in [0.1, 0.15) is 5.56 Å². The Morgan fingerprint density at radius 1 is 1.54 bits per heavy atom. The summed E-state index contributed by atoms with van der Waals surface area (Å²) in [6.07, 6.45) is 0. The fourth-order valence-electron chi connectivity index (χ4n) is 0.884. The first kappa shape index (κ1) is 10.3. The molecule has 0 amide bonds. The second-order valence-electron chi connectivity index (χ2n) is 2.39. The van der Waals surface area contributed by atoms with Crippen LogP contribution in [0.2, 0.25) is 0 Å². The molecule has 13 heavy (non-hydrogen) atoms. The minimum atomic E-state index is 0.440. The number of nitriles is 1. The Bertz CT molecular complexity index is 333. The van der Waals surface area contributed by atoms with Crippen molar-refractivity contribution in [1.82, 2.24) is 0 Å². The molecule has 0 saturated heterocycles. The molecule has 0 unspecified atom stereocenters. The molecular weight excluding hydrogens is 279 g/mol. The molecule has 3 nitrogen and oxygen atoms in total. The van der Waals surface area contributed by atoms with Crippen LogP contribution in [0.15, 0.2) is 18.2 Å². The Balaban J connectivity index is 2.88. The lowest BCUT2D eigenvalue weighted by Crippen LogP contribution is -2.11. The lowest BCUT2D eigenvalue weighted by atomic mass is 10.2. The van der Waals surface area contributed by atoms with E-state index in [-0.39, 0.29) is 0 Å². The minimum absolute atomic E-state index is 0.440. The van der Waals surface area contributed by atoms with Gasteiger partial charge in [-0.3, -0.25) is 0 Å². The van der Waals surface area contributed by atoms with Gasteiger partial charge in [0.1, 0.15) is 18.4 Å². The van der Waals surface area contributed by atoms with Gasteiger partial charge in [0, 0.05) is 10.1 Å². The zero-order chi connectivity index (χ0) is 9.68. The van der Waals surface area contributed by atoms with Gasteiger partial charge in [-0.15, -0.1) is 0 Å². The van der Waals surface area contributed by atoms with Gasteiger partial charge in [0.15, 0.2) is 0 Å². The Hall–Kier alpha value is -0.800. The highest BCUT2D eigenvalue weighted by Gasteiger charge is 2.02. The van der Waals surface area contributed by atoms with Crippen LogP contribution >= 0.6 is 22.6 Å². The van der Waals surface area contributed by atoms with Gasteiger partial charge in [-0.2, -0.15) is 5.26 Å². The van der Waals surface area contributed by atoms with Crippen molar-refractivity contribution in [2.75, 3.05) is 13.2 Å². The van der Waals surface area contributed by atoms with Crippen molar-refractivity contribution in [1.29, 1.82) is 5.26 Å². The number of hydrogen-bond donors (Lipinski definition) is 1. The fourth-order valence-corrected chi connectivity index (χ4v) is 1.38. The average molecular weight is 288 g/mol. The van der Waals surface area contributed by atoms with E-state index >= 15 is 0 Å². The second kappa shape index (κ2) is 5.04. The molecule has 0 bridgehead atoms. The van der Waals surface area contributed by atoms with Crippen molar-refractivity contribution >= 4 is 22.6 Å². The Morgan fingerprint density at radius 3 is 2.92 bits per heavy atom. The number of halogens is 1. The number of benzene rings is 1. The fraction of sp³-hybridized carbons (Fsp3) is 0.222. The van der Waals surface area contributed by atoms with Crippen molar-refractivity contribution < 1.29 is 4.74 Å². The summed E-state index contributed by atoms with van der Waals surface area (Å²) in [6.45, 7) is 0.895. The van der Waals surface area contributed by atoms with Gasteiger partial charge in [-0.25, -0.2) is 0 Å². The maximum absolute atomic E-state index is 8.78. The van der Waals surface area contributed by atoms with Gasteiger partial charge < -0.3 is 10.5 Å². The Labute approximate surface area is 90.6 Å². The highest BCUT2D eigenvalue weighted by Crippen LogP contribution is 2.19. The van der Waals surface area contributed by atoms with Crippen LogP contribution in [-0.2, 0) is 0 Å². The Kier molecular flexibility index (Phi) is 3.99. The van der Waals surface area contributed by atoms with Crippen LogP contribution in [0.25, 0.3) is 0 Å². The van der Waals surface area contributed by atoms with Crippen LogP contribution in [0.5, 0.6) is 5.75 Å². The lowest BCUT2D eigenvalue weighted by Gasteiger charge is -2.05. The molecule has 1 rings (SSSR count). The SMILES string of the molecule is N#Cc1cc(I)ccc1OCCN. The molecule has 68 valence electrons. The molecular formula is C9H9IN2O. The number of nitrogens with zero attached hydrogens (tertiary/aromatic N) is 1. The van der Waals surface area contributed by atoms with Crippen molar-refractivity contribution in [2.24, 2.45) is 5.73 Å². The Morgan fingerprint density at radius 2 is 2.31 bits per heavy atom. The molecule has 0 fully saturated rings. The zero-order valence-electron chi connectivity index (χ0n) is 6.96. The maximum atomic E-state index is 8.78. The predicted molar refractivity (Wildman–Crippen MR) is 58.4 cm³/mol. The first-order valence-electron chi connectivity index (χ1n) is 3.80.